The highest BCUT2D eigenvalue weighted by atomic mass is 19.4. The van der Waals surface area contributed by atoms with Crippen molar-refractivity contribution >= 4 is 28.4 Å². The number of carbonyl (C=O) groups is 2. The summed E-state index contributed by atoms with van der Waals surface area (Å²) in [6.07, 6.45) is -0.403. The van der Waals surface area contributed by atoms with Crippen molar-refractivity contribution in [1.29, 1.82) is 0 Å². The normalized spacial score (nSPS) is 15.0. The Bertz CT molecular complexity index is 1570. The Morgan fingerprint density at radius 2 is 1.93 bits per heavy atom. The van der Waals surface area contributed by atoms with Gasteiger partial charge in [0.05, 0.1) is 23.0 Å². The van der Waals surface area contributed by atoms with E-state index in [4.69, 9.17) is 4.74 Å². The molecule has 0 saturated carbocycles. The van der Waals surface area contributed by atoms with Gasteiger partial charge >= 0.3 is 6.18 Å². The number of nitrogens with zero attached hydrogens (tertiary/aromatic N) is 5. The summed E-state index contributed by atoms with van der Waals surface area (Å²) in [5, 5.41) is 17.5. The van der Waals surface area contributed by atoms with Crippen molar-refractivity contribution in [3.8, 4) is 5.75 Å². The van der Waals surface area contributed by atoms with Gasteiger partial charge in [-0.1, -0.05) is 12.1 Å². The highest BCUT2D eigenvalue weighted by Gasteiger charge is 2.33. The van der Waals surface area contributed by atoms with Crippen LogP contribution in [0.5, 0.6) is 5.75 Å². The summed E-state index contributed by atoms with van der Waals surface area (Å²) in [5.74, 6) is -0.579. The fourth-order valence-corrected chi connectivity index (χ4v) is 4.81. The molecule has 3 aromatic heterocycles. The Labute approximate surface area is 239 Å². The van der Waals surface area contributed by atoms with Gasteiger partial charge in [0, 0.05) is 36.9 Å². The van der Waals surface area contributed by atoms with Crippen LogP contribution >= 0.6 is 0 Å². The van der Waals surface area contributed by atoms with Crippen LogP contribution in [0.4, 0.5) is 18.9 Å². The summed E-state index contributed by atoms with van der Waals surface area (Å²) in [6.45, 7) is 2.92. The van der Waals surface area contributed by atoms with E-state index in [9.17, 15) is 27.9 Å². The van der Waals surface area contributed by atoms with Crippen molar-refractivity contribution in [2.75, 3.05) is 18.4 Å². The third-order valence-corrected chi connectivity index (χ3v) is 7.15. The standard InChI is InChI=1S/C29H29F3N6O4/c1-18(39)19-8-11-37(12-9-19)27(40)16-38-15-20-13-24(35-28(41)22-6-4-7-26(34-22)29(30,31)32)25(14-23(20)36-38)42-17-21-5-2-3-10-33-21/h2-7,10,13-15,18-19,39H,8-9,11-12,16-17H2,1H3,(H,35,41). The third-order valence-electron chi connectivity index (χ3n) is 7.15. The smallest absolute Gasteiger partial charge is 0.433 e. The molecule has 1 aliphatic rings. The highest BCUT2D eigenvalue weighted by molar-refractivity contribution is 6.05. The van der Waals surface area contributed by atoms with Gasteiger partial charge in [0.25, 0.3) is 5.91 Å². The zero-order valence-electron chi connectivity index (χ0n) is 22.7. The number of aliphatic hydroxyl groups excluding tert-OH is 1. The Kier molecular flexibility index (Phi) is 8.39. The summed E-state index contributed by atoms with van der Waals surface area (Å²) in [6, 6.07) is 11.6. The fraction of sp³-hybridized carbons (Fsp3) is 0.345. The lowest BCUT2D eigenvalue weighted by atomic mass is 9.92. The minimum Gasteiger partial charge on any atom is -0.485 e. The number of ether oxygens (including phenoxy) is 1. The number of benzene rings is 1. The largest absolute Gasteiger partial charge is 0.485 e. The Morgan fingerprint density at radius 1 is 1.14 bits per heavy atom. The molecule has 1 unspecified atom stereocenters. The van der Waals surface area contributed by atoms with E-state index in [1.807, 2.05) is 0 Å². The molecule has 4 heterocycles. The zero-order valence-corrected chi connectivity index (χ0v) is 22.7. The van der Waals surface area contributed by atoms with Gasteiger partial charge in [0.15, 0.2) is 0 Å². The van der Waals surface area contributed by atoms with E-state index >= 15 is 0 Å². The second kappa shape index (κ2) is 12.1. The lowest BCUT2D eigenvalue weighted by Crippen LogP contribution is -2.42. The minimum atomic E-state index is -4.70. The summed E-state index contributed by atoms with van der Waals surface area (Å²) in [5.41, 5.74) is -0.306. The summed E-state index contributed by atoms with van der Waals surface area (Å²) in [7, 11) is 0. The molecule has 1 aliphatic heterocycles. The van der Waals surface area contributed by atoms with Gasteiger partial charge in [-0.25, -0.2) is 4.98 Å². The fourth-order valence-electron chi connectivity index (χ4n) is 4.81. The first-order valence-corrected chi connectivity index (χ1v) is 13.4. The zero-order chi connectivity index (χ0) is 29.9. The second-order valence-corrected chi connectivity index (χ2v) is 10.2. The van der Waals surface area contributed by atoms with E-state index in [2.05, 4.69) is 20.4 Å². The maximum atomic E-state index is 13.2. The quantitative estimate of drug-likeness (QED) is 0.318. The molecule has 1 atom stereocenters. The number of fused-ring (bicyclic) bond motifs is 1. The molecule has 10 nitrogen and oxygen atoms in total. The SMILES string of the molecule is CC(O)C1CCN(C(=O)Cn2cc3cc(NC(=O)c4cccc(C(F)(F)F)n4)c(OCc4ccccn4)cc3n2)CC1. The molecule has 0 bridgehead atoms. The molecule has 13 heteroatoms. The lowest BCUT2D eigenvalue weighted by molar-refractivity contribution is -0.141. The molecule has 1 fully saturated rings. The van der Waals surface area contributed by atoms with Crippen molar-refractivity contribution in [3.63, 3.8) is 0 Å². The van der Waals surface area contributed by atoms with Crippen molar-refractivity contribution in [2.45, 2.75) is 45.2 Å². The van der Waals surface area contributed by atoms with Gasteiger partial charge in [0.1, 0.15) is 30.3 Å². The van der Waals surface area contributed by atoms with E-state index in [0.717, 1.165) is 25.0 Å². The van der Waals surface area contributed by atoms with E-state index in [0.29, 0.717) is 29.7 Å². The third kappa shape index (κ3) is 6.85. The van der Waals surface area contributed by atoms with Crippen molar-refractivity contribution in [1.82, 2.24) is 24.6 Å². The molecule has 0 radical (unpaired) electrons. The van der Waals surface area contributed by atoms with Crippen LogP contribution in [-0.2, 0) is 24.1 Å². The van der Waals surface area contributed by atoms with Crippen LogP contribution < -0.4 is 10.1 Å². The number of carbonyl (C=O) groups excluding carboxylic acids is 2. The van der Waals surface area contributed by atoms with E-state index in [1.54, 1.807) is 54.5 Å². The minimum absolute atomic E-state index is 0.00595. The summed E-state index contributed by atoms with van der Waals surface area (Å²) >= 11 is 0. The number of anilines is 1. The molecule has 0 spiro atoms. The molecule has 4 aromatic rings. The number of rotatable bonds is 8. The Morgan fingerprint density at radius 3 is 2.62 bits per heavy atom. The second-order valence-electron chi connectivity index (χ2n) is 10.2. The number of nitrogens with one attached hydrogen (secondary N) is 1. The van der Waals surface area contributed by atoms with Crippen LogP contribution in [0.1, 0.15) is 41.6 Å². The number of hydrogen-bond donors (Lipinski definition) is 2. The molecule has 1 aromatic carbocycles. The number of pyridine rings is 2. The molecule has 2 N–H and O–H groups in total. The molecule has 1 saturated heterocycles. The average molecular weight is 583 g/mol. The van der Waals surface area contributed by atoms with Gasteiger partial charge in [-0.2, -0.15) is 18.3 Å². The maximum absolute atomic E-state index is 13.2. The van der Waals surface area contributed by atoms with Gasteiger partial charge in [-0.3, -0.25) is 19.3 Å². The lowest BCUT2D eigenvalue weighted by Gasteiger charge is -2.33. The van der Waals surface area contributed by atoms with Crippen LogP contribution in [0.2, 0.25) is 0 Å². The van der Waals surface area contributed by atoms with Gasteiger partial charge < -0.3 is 20.1 Å². The monoisotopic (exact) mass is 582 g/mol. The first-order chi connectivity index (χ1) is 20.1. The summed E-state index contributed by atoms with van der Waals surface area (Å²) in [4.78, 5) is 35.3. The van der Waals surface area contributed by atoms with Crippen LogP contribution in [0.25, 0.3) is 10.9 Å². The summed E-state index contributed by atoms with van der Waals surface area (Å²) < 4.78 is 46.9. The molecular weight excluding hydrogens is 553 g/mol. The van der Waals surface area contributed by atoms with Crippen LogP contribution in [0.3, 0.4) is 0 Å². The Hall–Kier alpha value is -4.52. The number of likely N-dealkylation sites (tertiary alicyclic amines) is 1. The highest BCUT2D eigenvalue weighted by Crippen LogP contribution is 2.32. The van der Waals surface area contributed by atoms with Crippen molar-refractivity contribution < 1.29 is 32.6 Å². The van der Waals surface area contributed by atoms with E-state index in [-0.39, 0.29) is 36.4 Å². The topological polar surface area (TPSA) is 122 Å². The number of aromatic nitrogens is 4. The molecule has 0 aliphatic carbocycles. The maximum Gasteiger partial charge on any atom is 0.433 e. The molecule has 42 heavy (non-hydrogen) atoms. The number of hydrogen-bond acceptors (Lipinski definition) is 7. The molecular formula is C29H29F3N6O4. The van der Waals surface area contributed by atoms with Gasteiger partial charge in [0.2, 0.25) is 5.91 Å². The molecule has 2 amide bonds. The predicted molar refractivity (Wildman–Crippen MR) is 146 cm³/mol. The molecule has 220 valence electrons. The van der Waals surface area contributed by atoms with E-state index in [1.165, 1.54) is 10.7 Å². The first kappa shape index (κ1) is 29.0. The van der Waals surface area contributed by atoms with Gasteiger partial charge in [-0.15, -0.1) is 0 Å². The number of halogens is 3. The van der Waals surface area contributed by atoms with E-state index < -0.39 is 29.6 Å². The number of amides is 2. The van der Waals surface area contributed by atoms with Gasteiger partial charge in [-0.05, 0) is 56.0 Å². The van der Waals surface area contributed by atoms with Crippen molar-refractivity contribution in [2.24, 2.45) is 5.92 Å². The van der Waals surface area contributed by atoms with Crippen LogP contribution in [0, 0.1) is 5.92 Å². The van der Waals surface area contributed by atoms with Crippen molar-refractivity contribution in [3.05, 3.63) is 78.0 Å². The first-order valence-electron chi connectivity index (χ1n) is 13.4. The number of aliphatic hydroxyl groups is 1. The number of piperidine rings is 1. The van der Waals surface area contributed by atoms with Crippen LogP contribution in [0.15, 0.2) is 60.9 Å². The Balaban J connectivity index is 1.38. The number of alkyl halides is 3. The molecule has 5 rings (SSSR count). The van der Waals surface area contributed by atoms with Crippen LogP contribution in [-0.4, -0.2) is 60.8 Å². The predicted octanol–water partition coefficient (Wildman–Crippen LogP) is 4.30. The average Bonchev–Trinajstić information content (AvgIpc) is 3.36.